The minimum absolute atomic E-state index is 0. The molecule has 171 valence electrons. The van der Waals surface area contributed by atoms with Crippen LogP contribution in [0.1, 0.15) is 92.9 Å². The molecule has 1 aliphatic heterocycles. The van der Waals surface area contributed by atoms with Crippen molar-refractivity contribution in [1.29, 1.82) is 0 Å². The molecule has 0 bridgehead atoms. The van der Waals surface area contributed by atoms with Gasteiger partial charge in [0.25, 0.3) is 0 Å². The molecule has 0 aromatic rings. The number of fused-ring (bicyclic) bond motifs is 1. The van der Waals surface area contributed by atoms with E-state index in [2.05, 4.69) is 34.1 Å². The normalized spacial score (nSPS) is 36.9. The third-order valence-electron chi connectivity index (χ3n) is 7.13. The van der Waals surface area contributed by atoms with Crippen LogP contribution in [0.5, 0.6) is 0 Å². The molecule has 4 heteroatoms. The van der Waals surface area contributed by atoms with Gasteiger partial charge in [-0.2, -0.15) is 17.9 Å². The van der Waals surface area contributed by atoms with E-state index in [-0.39, 0.29) is 38.1 Å². The van der Waals surface area contributed by atoms with E-state index in [0.717, 1.165) is 35.5 Å². The molecule has 0 amide bonds. The summed E-state index contributed by atoms with van der Waals surface area (Å²) in [5.41, 5.74) is 0. The monoisotopic (exact) mass is 582 g/mol. The van der Waals surface area contributed by atoms with Crippen LogP contribution in [0.3, 0.4) is 0 Å². The van der Waals surface area contributed by atoms with Crippen molar-refractivity contribution in [2.24, 2.45) is 35.5 Å². The Hall–Kier alpha value is -0.0506. The smallest absolute Gasteiger partial charge is 0.137 e. The van der Waals surface area contributed by atoms with Gasteiger partial charge < -0.3 is 11.7 Å². The summed E-state index contributed by atoms with van der Waals surface area (Å²) in [5, 5.41) is 5.40. The average molecular weight is 582 g/mol. The van der Waals surface area contributed by atoms with Crippen LogP contribution in [0.15, 0.2) is 0 Å². The Morgan fingerprint density at radius 3 is 2.14 bits per heavy atom. The topological polar surface area (TPSA) is 48.2 Å². The Morgan fingerprint density at radius 2 is 1.62 bits per heavy atom. The molecule has 1 heterocycles. The standard InChI is InChI=1S/C20H35N.C5H8O2.Ir/c1-13(2)17-6-5-7-20-18(17)8-9-19(21-20)16-11-14(3)10-15(4)12-16;1-4(6)3-5(2)7;/h11,13-20H,5-10,12H2,1-4H3;3H2,1-2H3;/q-2;;. The molecule has 7 unspecified atom stereocenters. The zero-order valence-electron chi connectivity index (χ0n) is 19.5. The molecule has 0 N–H and O–H groups in total. The average Bonchev–Trinajstić information content (AvgIpc) is 2.59. The molecular weight excluding hydrogens is 538 g/mol. The van der Waals surface area contributed by atoms with Crippen molar-refractivity contribution in [2.45, 2.75) is 105 Å². The Balaban J connectivity index is 0.000000456. The number of ketones is 2. The van der Waals surface area contributed by atoms with Gasteiger partial charge >= 0.3 is 0 Å². The maximum Gasteiger partial charge on any atom is 0.137 e. The minimum atomic E-state index is -0.0625. The molecule has 0 aromatic heterocycles. The van der Waals surface area contributed by atoms with Gasteiger partial charge in [-0.15, -0.1) is 6.04 Å². The van der Waals surface area contributed by atoms with E-state index in [1.54, 1.807) is 0 Å². The zero-order chi connectivity index (χ0) is 20.8. The Kier molecular flexibility index (Phi) is 11.8. The van der Waals surface area contributed by atoms with E-state index in [0.29, 0.717) is 12.1 Å². The second-order valence-corrected chi connectivity index (χ2v) is 10.4. The van der Waals surface area contributed by atoms with Gasteiger partial charge in [0.1, 0.15) is 11.6 Å². The number of hydrogen-bond donors (Lipinski definition) is 0. The second-order valence-electron chi connectivity index (χ2n) is 10.4. The molecule has 1 saturated heterocycles. The van der Waals surface area contributed by atoms with E-state index in [1.807, 2.05) is 0 Å². The Morgan fingerprint density at radius 1 is 0.966 bits per heavy atom. The first-order valence-corrected chi connectivity index (χ1v) is 11.7. The molecule has 3 fully saturated rings. The first kappa shape index (κ1) is 27.0. The van der Waals surface area contributed by atoms with Gasteiger partial charge in [-0.3, -0.25) is 9.59 Å². The van der Waals surface area contributed by atoms with Crippen LogP contribution >= 0.6 is 0 Å². The first-order chi connectivity index (χ1) is 13.2. The fourth-order valence-electron chi connectivity index (χ4n) is 6.11. The number of carbonyl (C=O) groups excluding carboxylic acids is 2. The summed E-state index contributed by atoms with van der Waals surface area (Å²) in [4.78, 5) is 20.1. The maximum absolute atomic E-state index is 10.0. The Labute approximate surface area is 193 Å². The predicted octanol–water partition coefficient (Wildman–Crippen LogP) is 6.40. The van der Waals surface area contributed by atoms with Crippen molar-refractivity contribution in [3.63, 3.8) is 0 Å². The van der Waals surface area contributed by atoms with E-state index >= 15 is 0 Å². The molecule has 3 rings (SSSR count). The summed E-state index contributed by atoms with van der Waals surface area (Å²) in [6.07, 6.45) is 12.6. The number of piperidine rings is 1. The van der Waals surface area contributed by atoms with Crippen molar-refractivity contribution in [3.05, 3.63) is 11.7 Å². The number of nitrogens with zero attached hydrogens (tertiary/aromatic N) is 1. The molecule has 1 radical (unpaired) electrons. The number of hydrogen-bond acceptors (Lipinski definition) is 2. The van der Waals surface area contributed by atoms with Gasteiger partial charge in [0.15, 0.2) is 0 Å². The fourth-order valence-corrected chi connectivity index (χ4v) is 6.11. The van der Waals surface area contributed by atoms with Crippen LogP contribution in [0.25, 0.3) is 5.32 Å². The molecule has 3 aliphatic rings. The van der Waals surface area contributed by atoms with Crippen LogP contribution in [-0.4, -0.2) is 23.7 Å². The van der Waals surface area contributed by atoms with Crippen molar-refractivity contribution < 1.29 is 29.7 Å². The van der Waals surface area contributed by atoms with Crippen LogP contribution in [-0.2, 0) is 29.7 Å². The van der Waals surface area contributed by atoms with Gasteiger partial charge in [-0.25, -0.2) is 0 Å². The summed E-state index contributed by atoms with van der Waals surface area (Å²) < 4.78 is 0. The van der Waals surface area contributed by atoms with E-state index in [4.69, 9.17) is 5.32 Å². The summed E-state index contributed by atoms with van der Waals surface area (Å²) in [7, 11) is 0. The van der Waals surface area contributed by atoms with Crippen molar-refractivity contribution in [3.8, 4) is 0 Å². The van der Waals surface area contributed by atoms with Gasteiger partial charge in [0.2, 0.25) is 0 Å². The molecule has 0 spiro atoms. The van der Waals surface area contributed by atoms with E-state index < -0.39 is 0 Å². The van der Waals surface area contributed by atoms with Gasteiger partial charge in [0, 0.05) is 20.1 Å². The molecule has 7 atom stereocenters. The van der Waals surface area contributed by atoms with Crippen molar-refractivity contribution in [1.82, 2.24) is 0 Å². The summed E-state index contributed by atoms with van der Waals surface area (Å²) in [6, 6.07) is 1.35. The molecular formula is C25H43IrNO2-2. The third-order valence-corrected chi connectivity index (χ3v) is 7.13. The molecule has 29 heavy (non-hydrogen) atoms. The molecule has 0 aromatic carbocycles. The van der Waals surface area contributed by atoms with Crippen LogP contribution in [0.2, 0.25) is 0 Å². The third kappa shape index (κ3) is 8.54. The fraction of sp³-hybridized carbons (Fsp3) is 0.880. The second kappa shape index (κ2) is 12.7. The first-order valence-electron chi connectivity index (χ1n) is 11.7. The molecule has 3 nitrogen and oxygen atoms in total. The number of carbonyl (C=O) groups is 2. The molecule has 2 aliphatic carbocycles. The minimum Gasteiger partial charge on any atom is -0.658 e. The summed E-state index contributed by atoms with van der Waals surface area (Å²) in [6.45, 7) is 12.5. The maximum atomic E-state index is 10.0. The quantitative estimate of drug-likeness (QED) is 0.285. The SMILES string of the molecule is CC(=O)CC(C)=O.CC1[CH-]C(C2CCC3C(CCCC3C(C)C)[N-]2)CC(C)C1.[Ir]. The summed E-state index contributed by atoms with van der Waals surface area (Å²) in [5.74, 6) is 5.07. The van der Waals surface area contributed by atoms with Crippen LogP contribution < -0.4 is 0 Å². The number of Topliss-reactive ketones (excluding diaryl/α,β-unsaturated/α-hetero) is 2. The summed E-state index contributed by atoms with van der Waals surface area (Å²) >= 11 is 0. The van der Waals surface area contributed by atoms with Gasteiger partial charge in [-0.05, 0) is 31.6 Å². The van der Waals surface area contributed by atoms with E-state index in [9.17, 15) is 9.59 Å². The number of rotatable bonds is 4. The molecule has 2 saturated carbocycles. The van der Waals surface area contributed by atoms with Gasteiger partial charge in [-0.1, -0.05) is 78.6 Å². The van der Waals surface area contributed by atoms with E-state index in [1.165, 1.54) is 58.8 Å². The Bertz CT molecular complexity index is 499. The van der Waals surface area contributed by atoms with Crippen molar-refractivity contribution >= 4 is 11.6 Å². The van der Waals surface area contributed by atoms with Crippen LogP contribution in [0.4, 0.5) is 0 Å². The largest absolute Gasteiger partial charge is 0.658 e. The van der Waals surface area contributed by atoms with Crippen LogP contribution in [0, 0.1) is 41.9 Å². The van der Waals surface area contributed by atoms with Gasteiger partial charge in [0.05, 0.1) is 6.42 Å². The zero-order valence-corrected chi connectivity index (χ0v) is 21.8. The predicted molar refractivity (Wildman–Crippen MR) is 117 cm³/mol. The van der Waals surface area contributed by atoms with Crippen molar-refractivity contribution in [2.75, 3.05) is 0 Å².